The molecule has 16 heavy (non-hydrogen) atoms. The summed E-state index contributed by atoms with van der Waals surface area (Å²) in [6, 6.07) is 2.60. The van der Waals surface area contributed by atoms with Crippen LogP contribution in [0.25, 0.3) is 0 Å². The van der Waals surface area contributed by atoms with E-state index in [0.29, 0.717) is 17.5 Å². The molecule has 1 N–H and O–H groups in total. The molecule has 0 aliphatic rings. The second-order valence-electron chi connectivity index (χ2n) is 4.09. The van der Waals surface area contributed by atoms with Gasteiger partial charge >= 0.3 is 0 Å². The number of hydrogen-bond acceptors (Lipinski definition) is 4. The minimum atomic E-state index is 0.391. The van der Waals surface area contributed by atoms with Crippen LogP contribution >= 0.6 is 11.5 Å². The summed E-state index contributed by atoms with van der Waals surface area (Å²) in [4.78, 5) is 0. The summed E-state index contributed by atoms with van der Waals surface area (Å²) in [5.41, 5.74) is 1.52. The molecule has 1 rings (SSSR count). The van der Waals surface area contributed by atoms with Crippen molar-refractivity contribution >= 4 is 16.5 Å². The van der Waals surface area contributed by atoms with Crippen molar-refractivity contribution in [3.05, 3.63) is 11.3 Å². The van der Waals surface area contributed by atoms with E-state index < -0.39 is 0 Å². The van der Waals surface area contributed by atoms with E-state index in [1.165, 1.54) is 11.5 Å². The van der Waals surface area contributed by atoms with Crippen LogP contribution in [0.15, 0.2) is 0 Å². The first-order valence-electron chi connectivity index (χ1n) is 5.76. The van der Waals surface area contributed by atoms with Crippen molar-refractivity contribution in [1.82, 2.24) is 4.37 Å². The molecule has 0 saturated heterocycles. The highest BCUT2D eigenvalue weighted by Crippen LogP contribution is 2.26. The van der Waals surface area contributed by atoms with Crippen LogP contribution in [0.1, 0.15) is 44.9 Å². The zero-order valence-corrected chi connectivity index (χ0v) is 11.2. The van der Waals surface area contributed by atoms with Crippen molar-refractivity contribution in [2.45, 2.75) is 46.6 Å². The number of aromatic nitrogens is 1. The maximum absolute atomic E-state index is 9.03. The third kappa shape index (κ3) is 2.73. The van der Waals surface area contributed by atoms with Gasteiger partial charge in [0.2, 0.25) is 0 Å². The van der Waals surface area contributed by atoms with Crippen molar-refractivity contribution in [2.75, 3.05) is 5.32 Å². The average molecular weight is 237 g/mol. The van der Waals surface area contributed by atoms with E-state index in [1.54, 1.807) is 0 Å². The Morgan fingerprint density at radius 1 is 1.44 bits per heavy atom. The highest BCUT2D eigenvalue weighted by molar-refractivity contribution is 7.10. The zero-order valence-electron chi connectivity index (χ0n) is 10.4. The summed E-state index contributed by atoms with van der Waals surface area (Å²) in [7, 11) is 0. The second-order valence-corrected chi connectivity index (χ2v) is 4.87. The van der Waals surface area contributed by atoms with Crippen LogP contribution in [-0.4, -0.2) is 10.4 Å². The molecule has 1 aromatic heterocycles. The number of nitrogens with one attached hydrogen (secondary N) is 1. The van der Waals surface area contributed by atoms with E-state index in [1.807, 2.05) is 6.92 Å². The fourth-order valence-electron chi connectivity index (χ4n) is 1.92. The van der Waals surface area contributed by atoms with Crippen molar-refractivity contribution < 1.29 is 0 Å². The molecular formula is C12H19N3S. The van der Waals surface area contributed by atoms with Gasteiger partial charge in [-0.25, -0.2) is 0 Å². The lowest BCUT2D eigenvalue weighted by Crippen LogP contribution is -2.24. The fraction of sp³-hybridized carbons (Fsp3) is 0.667. The SMILES string of the molecule is CCC(CC)C(C)Nc1snc(C)c1C#N. The quantitative estimate of drug-likeness (QED) is 0.851. The third-order valence-corrected chi connectivity index (χ3v) is 3.96. The molecule has 4 heteroatoms. The number of rotatable bonds is 5. The summed E-state index contributed by atoms with van der Waals surface area (Å²) in [6.07, 6.45) is 2.31. The molecule has 1 atom stereocenters. The predicted molar refractivity (Wildman–Crippen MR) is 68.7 cm³/mol. The van der Waals surface area contributed by atoms with Gasteiger partial charge in [-0.15, -0.1) is 0 Å². The Bertz CT molecular complexity index is 374. The normalized spacial score (nSPS) is 12.5. The molecule has 0 amide bonds. The van der Waals surface area contributed by atoms with Crippen molar-refractivity contribution in [1.29, 1.82) is 5.26 Å². The molecule has 88 valence electrons. The summed E-state index contributed by atoms with van der Waals surface area (Å²) in [5.74, 6) is 0.647. The van der Waals surface area contributed by atoms with Gasteiger partial charge in [0, 0.05) is 6.04 Å². The van der Waals surface area contributed by atoms with Crippen LogP contribution in [0.2, 0.25) is 0 Å². The van der Waals surface area contributed by atoms with Crippen molar-refractivity contribution in [3.8, 4) is 6.07 Å². The van der Waals surface area contributed by atoms with Gasteiger partial charge in [-0.05, 0) is 31.3 Å². The average Bonchev–Trinajstić information content (AvgIpc) is 2.61. The van der Waals surface area contributed by atoms with E-state index >= 15 is 0 Å². The number of aryl methyl sites for hydroxylation is 1. The topological polar surface area (TPSA) is 48.7 Å². The van der Waals surface area contributed by atoms with Crippen LogP contribution in [0.4, 0.5) is 5.00 Å². The second kappa shape index (κ2) is 5.86. The van der Waals surface area contributed by atoms with Crippen LogP contribution in [0, 0.1) is 24.2 Å². The molecule has 0 aliphatic carbocycles. The van der Waals surface area contributed by atoms with Gasteiger partial charge in [0.1, 0.15) is 16.6 Å². The standard InChI is InChI=1S/C12H19N3S/c1-5-10(6-2)8(3)14-12-11(7-13)9(4)15-16-12/h8,10,14H,5-6H2,1-4H3. The maximum atomic E-state index is 9.03. The minimum absolute atomic E-state index is 0.391. The number of nitrogens with zero attached hydrogens (tertiary/aromatic N) is 2. The Labute approximate surface area is 102 Å². The van der Waals surface area contributed by atoms with E-state index in [0.717, 1.165) is 23.5 Å². The molecule has 1 heterocycles. The first-order valence-corrected chi connectivity index (χ1v) is 6.54. The summed E-state index contributed by atoms with van der Waals surface area (Å²) in [5, 5.41) is 13.4. The highest BCUT2D eigenvalue weighted by Gasteiger charge is 2.17. The van der Waals surface area contributed by atoms with E-state index in [9.17, 15) is 0 Å². The lowest BCUT2D eigenvalue weighted by molar-refractivity contribution is 0.438. The zero-order chi connectivity index (χ0) is 12.1. The molecular weight excluding hydrogens is 218 g/mol. The molecule has 0 bridgehead atoms. The first kappa shape index (κ1) is 13.0. The molecule has 0 radical (unpaired) electrons. The highest BCUT2D eigenvalue weighted by atomic mass is 32.1. The molecule has 3 nitrogen and oxygen atoms in total. The molecule has 0 aliphatic heterocycles. The molecule has 1 unspecified atom stereocenters. The monoisotopic (exact) mass is 237 g/mol. The van der Waals surface area contributed by atoms with Crippen molar-refractivity contribution in [2.24, 2.45) is 5.92 Å². The summed E-state index contributed by atoms with van der Waals surface area (Å²) in [6.45, 7) is 8.46. The molecule has 0 saturated carbocycles. The van der Waals surface area contributed by atoms with Gasteiger partial charge in [0.25, 0.3) is 0 Å². The lowest BCUT2D eigenvalue weighted by atomic mass is 9.95. The summed E-state index contributed by atoms with van der Waals surface area (Å²) < 4.78 is 4.21. The Balaban J connectivity index is 2.77. The predicted octanol–water partition coefficient (Wildman–Crippen LogP) is 3.56. The Hall–Kier alpha value is -1.08. The van der Waals surface area contributed by atoms with Gasteiger partial charge in [-0.3, -0.25) is 0 Å². The van der Waals surface area contributed by atoms with Crippen LogP contribution in [-0.2, 0) is 0 Å². The fourth-order valence-corrected chi connectivity index (χ4v) is 2.76. The van der Waals surface area contributed by atoms with Gasteiger partial charge < -0.3 is 5.32 Å². The lowest BCUT2D eigenvalue weighted by Gasteiger charge is -2.22. The molecule has 1 aromatic rings. The van der Waals surface area contributed by atoms with Crippen LogP contribution in [0.5, 0.6) is 0 Å². The maximum Gasteiger partial charge on any atom is 0.127 e. The Morgan fingerprint density at radius 2 is 2.06 bits per heavy atom. The van der Waals surface area contributed by atoms with Crippen molar-refractivity contribution in [3.63, 3.8) is 0 Å². The Morgan fingerprint density at radius 3 is 2.56 bits per heavy atom. The molecule has 0 spiro atoms. The van der Waals surface area contributed by atoms with Gasteiger partial charge in [0.05, 0.1) is 5.69 Å². The van der Waals surface area contributed by atoms with E-state index in [-0.39, 0.29) is 0 Å². The van der Waals surface area contributed by atoms with Gasteiger partial charge in [0.15, 0.2) is 0 Å². The van der Waals surface area contributed by atoms with Gasteiger partial charge in [-0.2, -0.15) is 9.64 Å². The molecule has 0 fully saturated rings. The van der Waals surface area contributed by atoms with Gasteiger partial charge in [-0.1, -0.05) is 26.7 Å². The minimum Gasteiger partial charge on any atom is -0.372 e. The largest absolute Gasteiger partial charge is 0.372 e. The van der Waals surface area contributed by atoms with E-state index in [4.69, 9.17) is 5.26 Å². The molecule has 0 aromatic carbocycles. The number of anilines is 1. The van der Waals surface area contributed by atoms with Crippen LogP contribution < -0.4 is 5.32 Å². The summed E-state index contributed by atoms with van der Waals surface area (Å²) >= 11 is 1.38. The smallest absolute Gasteiger partial charge is 0.127 e. The third-order valence-electron chi connectivity index (χ3n) is 3.09. The Kier molecular flexibility index (Phi) is 4.75. The first-order chi connectivity index (χ1) is 7.63. The number of hydrogen-bond donors (Lipinski definition) is 1. The number of nitriles is 1. The van der Waals surface area contributed by atoms with E-state index in [2.05, 4.69) is 36.5 Å². The van der Waals surface area contributed by atoms with Crippen LogP contribution in [0.3, 0.4) is 0 Å².